The number of hydrogen-bond donors (Lipinski definition) is 2. The van der Waals surface area contributed by atoms with E-state index < -0.39 is 12.9 Å². The number of ether oxygens (including phenoxy) is 2. The number of hydrogen-bond acceptors (Lipinski definition) is 4. The second-order valence-electron chi connectivity index (χ2n) is 2.81. The molecule has 0 saturated heterocycles. The van der Waals surface area contributed by atoms with Crippen molar-refractivity contribution in [1.29, 1.82) is 0 Å². The molecule has 0 amide bonds. The molecule has 0 heterocycles. The molecule has 0 fully saturated rings. The molecule has 0 aliphatic rings. The second kappa shape index (κ2) is 5.70. The van der Waals surface area contributed by atoms with Crippen LogP contribution in [0.25, 0.3) is 0 Å². The minimum atomic E-state index is -1.77. The fourth-order valence-corrected chi connectivity index (χ4v) is 1.04. The maximum atomic E-state index is 12.8. The van der Waals surface area contributed by atoms with Crippen molar-refractivity contribution in [2.75, 3.05) is 13.4 Å². The summed E-state index contributed by atoms with van der Waals surface area (Å²) in [5, 5.41) is 17.9. The lowest BCUT2D eigenvalue weighted by atomic mass is 9.79. The average Bonchev–Trinajstić information content (AvgIpc) is 2.20. The minimum absolute atomic E-state index is 0.0121. The Morgan fingerprint density at radius 2 is 2.13 bits per heavy atom. The van der Waals surface area contributed by atoms with Gasteiger partial charge in [0, 0.05) is 12.1 Å². The standard InChI is InChI=1S/C9H12BFO4/c1-2-14-6-15-9-4-3-7(11)5-8(9)10(12)13/h3-5,12-13H,2,6H2,1H3. The van der Waals surface area contributed by atoms with Gasteiger partial charge in [0.05, 0.1) is 0 Å². The van der Waals surface area contributed by atoms with E-state index in [1.807, 2.05) is 0 Å². The Morgan fingerprint density at radius 1 is 1.40 bits per heavy atom. The van der Waals surface area contributed by atoms with Crippen LogP contribution in [0.5, 0.6) is 5.75 Å². The van der Waals surface area contributed by atoms with Crippen LogP contribution in [0.1, 0.15) is 6.92 Å². The summed E-state index contributed by atoms with van der Waals surface area (Å²) in [7, 11) is -1.77. The molecule has 2 N–H and O–H groups in total. The van der Waals surface area contributed by atoms with Crippen molar-refractivity contribution in [3.8, 4) is 5.75 Å². The van der Waals surface area contributed by atoms with Gasteiger partial charge < -0.3 is 19.5 Å². The van der Waals surface area contributed by atoms with Crippen LogP contribution in [0.4, 0.5) is 4.39 Å². The Morgan fingerprint density at radius 3 is 2.73 bits per heavy atom. The first-order valence-corrected chi connectivity index (χ1v) is 4.51. The van der Waals surface area contributed by atoms with E-state index in [1.54, 1.807) is 6.92 Å². The Bertz CT molecular complexity index is 319. The molecule has 4 nitrogen and oxygen atoms in total. The topological polar surface area (TPSA) is 58.9 Å². The largest absolute Gasteiger partial charge is 0.492 e. The van der Waals surface area contributed by atoms with Crippen LogP contribution in [0.2, 0.25) is 0 Å². The molecule has 0 spiro atoms. The van der Waals surface area contributed by atoms with E-state index in [9.17, 15) is 4.39 Å². The van der Waals surface area contributed by atoms with Crippen LogP contribution < -0.4 is 10.2 Å². The van der Waals surface area contributed by atoms with Crippen molar-refractivity contribution in [3.05, 3.63) is 24.0 Å². The Hall–Kier alpha value is -1.11. The molecule has 0 aromatic heterocycles. The van der Waals surface area contributed by atoms with E-state index in [2.05, 4.69) is 0 Å². The zero-order valence-electron chi connectivity index (χ0n) is 8.31. The van der Waals surface area contributed by atoms with Crippen molar-refractivity contribution in [2.45, 2.75) is 6.92 Å². The predicted molar refractivity (Wildman–Crippen MR) is 53.3 cm³/mol. The van der Waals surface area contributed by atoms with E-state index in [-0.39, 0.29) is 18.0 Å². The molecule has 0 saturated carbocycles. The molecule has 0 atom stereocenters. The third kappa shape index (κ3) is 3.51. The molecule has 0 aliphatic carbocycles. The summed E-state index contributed by atoms with van der Waals surface area (Å²) >= 11 is 0. The summed E-state index contributed by atoms with van der Waals surface area (Å²) in [5.74, 6) is -0.360. The van der Waals surface area contributed by atoms with Gasteiger partial charge in [0.1, 0.15) is 11.6 Å². The second-order valence-corrected chi connectivity index (χ2v) is 2.81. The molecular weight excluding hydrogens is 202 g/mol. The Kier molecular flexibility index (Phi) is 4.55. The van der Waals surface area contributed by atoms with Crippen molar-refractivity contribution >= 4 is 12.6 Å². The lowest BCUT2D eigenvalue weighted by Gasteiger charge is -2.10. The molecule has 82 valence electrons. The summed E-state index contributed by atoms with van der Waals surface area (Å²) in [6.45, 7) is 2.27. The maximum absolute atomic E-state index is 12.8. The zero-order chi connectivity index (χ0) is 11.3. The van der Waals surface area contributed by atoms with Crippen LogP contribution in [-0.4, -0.2) is 30.6 Å². The van der Waals surface area contributed by atoms with E-state index in [0.717, 1.165) is 6.07 Å². The summed E-state index contributed by atoms with van der Waals surface area (Å²) in [6.07, 6.45) is 0. The van der Waals surface area contributed by atoms with Crippen LogP contribution in [0.3, 0.4) is 0 Å². The molecule has 0 unspecified atom stereocenters. The van der Waals surface area contributed by atoms with Crippen molar-refractivity contribution in [2.24, 2.45) is 0 Å². The van der Waals surface area contributed by atoms with Gasteiger partial charge in [-0.15, -0.1) is 0 Å². The van der Waals surface area contributed by atoms with Gasteiger partial charge in [0.25, 0.3) is 0 Å². The van der Waals surface area contributed by atoms with Crippen LogP contribution in [0, 0.1) is 5.82 Å². The first-order valence-electron chi connectivity index (χ1n) is 4.51. The Balaban J connectivity index is 2.77. The maximum Gasteiger partial charge on any atom is 0.492 e. The third-order valence-corrected chi connectivity index (χ3v) is 1.75. The molecule has 0 bridgehead atoms. The van der Waals surface area contributed by atoms with E-state index in [4.69, 9.17) is 19.5 Å². The summed E-state index contributed by atoms with van der Waals surface area (Å²) < 4.78 is 22.8. The quantitative estimate of drug-likeness (QED) is 0.407. The van der Waals surface area contributed by atoms with Crippen molar-refractivity contribution < 1.29 is 23.9 Å². The van der Waals surface area contributed by atoms with Gasteiger partial charge in [-0.25, -0.2) is 4.39 Å². The van der Waals surface area contributed by atoms with Gasteiger partial charge in [-0.05, 0) is 25.1 Å². The lowest BCUT2D eigenvalue weighted by Crippen LogP contribution is -2.32. The van der Waals surface area contributed by atoms with E-state index in [0.29, 0.717) is 6.61 Å². The van der Waals surface area contributed by atoms with Gasteiger partial charge in [0.15, 0.2) is 6.79 Å². The van der Waals surface area contributed by atoms with Crippen molar-refractivity contribution in [3.63, 3.8) is 0 Å². The Labute approximate surface area is 87.4 Å². The smallest absolute Gasteiger partial charge is 0.468 e. The minimum Gasteiger partial charge on any atom is -0.468 e. The molecule has 1 rings (SSSR count). The van der Waals surface area contributed by atoms with E-state index in [1.165, 1.54) is 12.1 Å². The highest BCUT2D eigenvalue weighted by molar-refractivity contribution is 6.59. The first kappa shape index (κ1) is 12.0. The van der Waals surface area contributed by atoms with E-state index >= 15 is 0 Å². The molecule has 0 radical (unpaired) electrons. The zero-order valence-corrected chi connectivity index (χ0v) is 8.31. The average molecular weight is 214 g/mol. The number of rotatable bonds is 5. The molecule has 0 aliphatic heterocycles. The molecule has 6 heteroatoms. The molecule has 1 aromatic carbocycles. The van der Waals surface area contributed by atoms with Crippen LogP contribution in [0.15, 0.2) is 18.2 Å². The highest BCUT2D eigenvalue weighted by Crippen LogP contribution is 2.09. The highest BCUT2D eigenvalue weighted by Gasteiger charge is 2.17. The van der Waals surface area contributed by atoms with Gasteiger partial charge in [0.2, 0.25) is 0 Å². The summed E-state index contributed by atoms with van der Waals surface area (Å²) in [5.41, 5.74) is -0.0188. The lowest BCUT2D eigenvalue weighted by molar-refractivity contribution is 0.0229. The molecule has 15 heavy (non-hydrogen) atoms. The molecular formula is C9H12BFO4. The van der Waals surface area contributed by atoms with Gasteiger partial charge in [-0.2, -0.15) is 0 Å². The monoisotopic (exact) mass is 214 g/mol. The first-order chi connectivity index (χ1) is 7.15. The van der Waals surface area contributed by atoms with Gasteiger partial charge in [-0.1, -0.05) is 0 Å². The van der Waals surface area contributed by atoms with Crippen LogP contribution in [-0.2, 0) is 4.74 Å². The molecule has 1 aromatic rings. The fourth-order valence-electron chi connectivity index (χ4n) is 1.04. The van der Waals surface area contributed by atoms with Crippen molar-refractivity contribution in [1.82, 2.24) is 0 Å². The van der Waals surface area contributed by atoms with Gasteiger partial charge >= 0.3 is 7.12 Å². The fraction of sp³-hybridized carbons (Fsp3) is 0.333. The number of benzene rings is 1. The number of halogens is 1. The van der Waals surface area contributed by atoms with Crippen LogP contribution >= 0.6 is 0 Å². The van der Waals surface area contributed by atoms with Gasteiger partial charge in [-0.3, -0.25) is 0 Å². The highest BCUT2D eigenvalue weighted by atomic mass is 19.1. The summed E-state index contributed by atoms with van der Waals surface area (Å²) in [4.78, 5) is 0. The normalized spacial score (nSPS) is 10.1. The predicted octanol–water partition coefficient (Wildman–Crippen LogP) is -0.122. The third-order valence-electron chi connectivity index (χ3n) is 1.75. The summed E-state index contributed by atoms with van der Waals surface area (Å²) in [6, 6.07) is 3.50. The SMILES string of the molecule is CCOCOc1ccc(F)cc1B(O)O.